The fraction of sp³-hybridized carbons (Fsp3) is 0.939. The van der Waals surface area contributed by atoms with Gasteiger partial charge in [-0.15, -0.1) is 0 Å². The molecule has 0 aliphatic carbocycles. The quantitative estimate of drug-likeness (QED) is 0.106. The summed E-state index contributed by atoms with van der Waals surface area (Å²) in [6.45, 7) is 9.45. The molecule has 1 heterocycles. The summed E-state index contributed by atoms with van der Waals surface area (Å²) in [5.74, 6) is 0. The zero-order valence-corrected chi connectivity index (χ0v) is 24.7. The zero-order valence-electron chi connectivity index (χ0n) is 24.7. The van der Waals surface area contributed by atoms with Gasteiger partial charge in [-0.1, -0.05) is 156 Å². The summed E-state index contributed by atoms with van der Waals surface area (Å²) >= 11 is 0. The van der Waals surface area contributed by atoms with E-state index in [-0.39, 0.29) is 0 Å². The van der Waals surface area contributed by atoms with Crippen molar-refractivity contribution in [1.82, 2.24) is 9.80 Å². The van der Waals surface area contributed by atoms with E-state index in [0.717, 1.165) is 0 Å². The molecule has 0 bridgehead atoms. The van der Waals surface area contributed by atoms with E-state index in [1.807, 2.05) is 0 Å². The summed E-state index contributed by atoms with van der Waals surface area (Å²) in [6.07, 6.45) is 41.0. The van der Waals surface area contributed by atoms with Crippen LogP contribution in [0.2, 0.25) is 0 Å². The molecule has 0 fully saturated rings. The average Bonchev–Trinajstić information content (AvgIpc) is 3.25. The molecule has 0 saturated carbocycles. The van der Waals surface area contributed by atoms with Crippen molar-refractivity contribution in [3.8, 4) is 0 Å². The van der Waals surface area contributed by atoms with E-state index in [4.69, 9.17) is 0 Å². The normalized spacial score (nSPS) is 14.0. The van der Waals surface area contributed by atoms with Gasteiger partial charge in [0.15, 0.2) is 0 Å². The third-order valence-corrected chi connectivity index (χ3v) is 8.07. The van der Waals surface area contributed by atoms with Gasteiger partial charge in [0, 0.05) is 25.5 Å². The lowest BCUT2D eigenvalue weighted by Crippen LogP contribution is -2.39. The first-order chi connectivity index (χ1) is 17.3. The van der Waals surface area contributed by atoms with Gasteiger partial charge in [0.1, 0.15) is 6.17 Å². The molecule has 0 aromatic carbocycles. The zero-order chi connectivity index (χ0) is 25.2. The topological polar surface area (TPSA) is 6.48 Å². The second-order valence-corrected chi connectivity index (χ2v) is 11.5. The van der Waals surface area contributed by atoms with Crippen LogP contribution in [-0.2, 0) is 0 Å². The van der Waals surface area contributed by atoms with Crippen molar-refractivity contribution in [3.05, 3.63) is 12.4 Å². The lowest BCUT2D eigenvalue weighted by Gasteiger charge is -2.33. The predicted molar refractivity (Wildman–Crippen MR) is 159 cm³/mol. The van der Waals surface area contributed by atoms with E-state index in [1.54, 1.807) is 0 Å². The molecule has 0 amide bonds. The summed E-state index contributed by atoms with van der Waals surface area (Å²) in [6, 6.07) is 0. The Morgan fingerprint density at radius 3 is 1.00 bits per heavy atom. The summed E-state index contributed by atoms with van der Waals surface area (Å²) in [5.41, 5.74) is 0. The number of nitrogens with zero attached hydrogens (tertiary/aromatic N) is 2. The molecule has 2 heteroatoms. The first-order valence-electron chi connectivity index (χ1n) is 16.5. The number of hydrogen-bond acceptors (Lipinski definition) is 2. The lowest BCUT2D eigenvalue weighted by molar-refractivity contribution is 0.135. The molecule has 0 unspecified atom stereocenters. The van der Waals surface area contributed by atoms with Crippen molar-refractivity contribution in [1.29, 1.82) is 0 Å². The smallest absolute Gasteiger partial charge is 0.101 e. The van der Waals surface area contributed by atoms with E-state index in [9.17, 15) is 0 Å². The highest BCUT2D eigenvalue weighted by atomic mass is 15.4. The second kappa shape index (κ2) is 25.0. The third-order valence-electron chi connectivity index (χ3n) is 8.07. The lowest BCUT2D eigenvalue weighted by atomic mass is 10.0. The summed E-state index contributed by atoms with van der Waals surface area (Å²) in [5, 5.41) is 0. The Bertz CT molecular complexity index is 422. The highest BCUT2D eigenvalue weighted by Crippen LogP contribution is 2.24. The summed E-state index contributed by atoms with van der Waals surface area (Å²) in [7, 11) is 0. The molecule has 1 aliphatic heterocycles. The van der Waals surface area contributed by atoms with Crippen molar-refractivity contribution >= 4 is 0 Å². The van der Waals surface area contributed by atoms with Crippen LogP contribution in [0, 0.1) is 0 Å². The van der Waals surface area contributed by atoms with Gasteiger partial charge in [-0.25, -0.2) is 0 Å². The van der Waals surface area contributed by atoms with Crippen LogP contribution < -0.4 is 0 Å². The molecule has 0 spiro atoms. The van der Waals surface area contributed by atoms with Crippen LogP contribution in [0.1, 0.15) is 181 Å². The van der Waals surface area contributed by atoms with E-state index in [2.05, 4.69) is 43.0 Å². The third kappa shape index (κ3) is 18.3. The fourth-order valence-electron chi connectivity index (χ4n) is 5.66. The van der Waals surface area contributed by atoms with Gasteiger partial charge in [-0.05, 0) is 25.7 Å². The molecule has 2 nitrogen and oxygen atoms in total. The molecule has 0 aromatic heterocycles. The largest absolute Gasteiger partial charge is 0.356 e. The van der Waals surface area contributed by atoms with Gasteiger partial charge >= 0.3 is 0 Å². The van der Waals surface area contributed by atoms with Crippen molar-refractivity contribution in [2.24, 2.45) is 0 Å². The Hall–Kier alpha value is -0.660. The predicted octanol–water partition coefficient (Wildman–Crippen LogP) is 11.2. The maximum absolute atomic E-state index is 2.68. The molecule has 0 saturated heterocycles. The first kappa shape index (κ1) is 32.4. The van der Waals surface area contributed by atoms with Crippen molar-refractivity contribution in [2.75, 3.05) is 13.1 Å². The monoisotopic (exact) mass is 491 g/mol. The van der Waals surface area contributed by atoms with Crippen LogP contribution >= 0.6 is 0 Å². The van der Waals surface area contributed by atoms with Gasteiger partial charge in [-0.2, -0.15) is 0 Å². The van der Waals surface area contributed by atoms with Crippen LogP contribution in [0.25, 0.3) is 0 Å². The Morgan fingerprint density at radius 2 is 0.657 bits per heavy atom. The van der Waals surface area contributed by atoms with Crippen LogP contribution in [0.3, 0.4) is 0 Å². The number of rotatable bonds is 27. The Balaban J connectivity index is 2.14. The molecule has 1 aliphatic rings. The van der Waals surface area contributed by atoms with Crippen LogP contribution in [0.5, 0.6) is 0 Å². The molecule has 208 valence electrons. The molecular formula is C33H66N2. The van der Waals surface area contributed by atoms with Crippen molar-refractivity contribution in [3.63, 3.8) is 0 Å². The Morgan fingerprint density at radius 1 is 0.371 bits per heavy atom. The SMILES string of the molecule is CCCCCCCCCCCCCCCCC1N(CCCCCCC)C=CN1CCCCCCC. The van der Waals surface area contributed by atoms with Gasteiger partial charge < -0.3 is 9.80 Å². The van der Waals surface area contributed by atoms with Crippen LogP contribution in [-0.4, -0.2) is 29.1 Å². The fourth-order valence-corrected chi connectivity index (χ4v) is 5.66. The minimum Gasteiger partial charge on any atom is -0.356 e. The van der Waals surface area contributed by atoms with Crippen LogP contribution in [0.15, 0.2) is 12.4 Å². The number of hydrogen-bond donors (Lipinski definition) is 0. The molecule has 0 atom stereocenters. The first-order valence-corrected chi connectivity index (χ1v) is 16.5. The minimum absolute atomic E-state index is 0.643. The van der Waals surface area contributed by atoms with Gasteiger partial charge in [0.05, 0.1) is 0 Å². The summed E-state index contributed by atoms with van der Waals surface area (Å²) < 4.78 is 0. The molecule has 0 N–H and O–H groups in total. The maximum Gasteiger partial charge on any atom is 0.101 e. The average molecular weight is 491 g/mol. The van der Waals surface area contributed by atoms with Crippen molar-refractivity contribution < 1.29 is 0 Å². The highest BCUT2D eigenvalue weighted by molar-refractivity contribution is 4.97. The highest BCUT2D eigenvalue weighted by Gasteiger charge is 2.24. The van der Waals surface area contributed by atoms with Gasteiger partial charge in [0.2, 0.25) is 0 Å². The number of unbranched alkanes of at least 4 members (excludes halogenated alkanes) is 21. The van der Waals surface area contributed by atoms with Crippen molar-refractivity contribution in [2.45, 2.75) is 187 Å². The Kier molecular flexibility index (Phi) is 23.1. The van der Waals surface area contributed by atoms with E-state index >= 15 is 0 Å². The van der Waals surface area contributed by atoms with Gasteiger partial charge in [-0.3, -0.25) is 0 Å². The van der Waals surface area contributed by atoms with Gasteiger partial charge in [0.25, 0.3) is 0 Å². The second-order valence-electron chi connectivity index (χ2n) is 11.5. The maximum atomic E-state index is 2.68. The molecule has 0 aromatic rings. The minimum atomic E-state index is 0.643. The molecular weight excluding hydrogens is 424 g/mol. The van der Waals surface area contributed by atoms with E-state index in [1.165, 1.54) is 174 Å². The molecule has 0 radical (unpaired) electrons. The van der Waals surface area contributed by atoms with Crippen LogP contribution in [0.4, 0.5) is 0 Å². The molecule has 1 rings (SSSR count). The Labute approximate surface area is 222 Å². The van der Waals surface area contributed by atoms with E-state index in [0.29, 0.717) is 6.17 Å². The molecule has 35 heavy (non-hydrogen) atoms. The summed E-state index contributed by atoms with van der Waals surface area (Å²) in [4.78, 5) is 5.36. The van der Waals surface area contributed by atoms with E-state index < -0.39 is 0 Å². The standard InChI is InChI=1S/C33H66N2/c1-4-7-10-13-14-15-16-17-18-19-20-21-22-25-28-33-34(29-26-23-11-8-5-2)31-32-35(33)30-27-24-12-9-6-3/h31-33H,4-30H2,1-3H3.